The van der Waals surface area contributed by atoms with Crippen LogP contribution in [-0.2, 0) is 4.79 Å². The highest BCUT2D eigenvalue weighted by Crippen LogP contribution is 2.22. The normalized spacial score (nSPS) is 12.9. The average Bonchev–Trinajstić information content (AvgIpc) is 2.46. The molecule has 21 heavy (non-hydrogen) atoms. The molecule has 1 aromatic carbocycles. The smallest absolute Gasteiger partial charge is 0.326 e. The number of nitriles is 1. The first-order valence-electron chi connectivity index (χ1n) is 6.39. The highest BCUT2D eigenvalue weighted by Gasteiger charge is 2.25. The lowest BCUT2D eigenvalue weighted by molar-refractivity contribution is -0.140. The van der Waals surface area contributed by atoms with E-state index in [0.29, 0.717) is 12.0 Å². The molecule has 3 N–H and O–H groups in total. The molecule has 0 unspecified atom stereocenters. The molecule has 0 saturated carbocycles. The number of carboxylic acids is 1. The van der Waals surface area contributed by atoms with Crippen LogP contribution < -0.4 is 10.6 Å². The molecule has 2 amide bonds. The summed E-state index contributed by atoms with van der Waals surface area (Å²) in [5, 5.41) is 23.0. The Balaban J connectivity index is 2.82. The number of aliphatic carboxylic acids is 1. The van der Waals surface area contributed by atoms with Crippen LogP contribution in [0.4, 0.5) is 10.5 Å². The molecule has 6 nitrogen and oxygen atoms in total. The molecule has 1 rings (SSSR count). The van der Waals surface area contributed by atoms with Crippen LogP contribution in [0.5, 0.6) is 0 Å². The number of rotatable bonds is 5. The highest BCUT2D eigenvalue weighted by molar-refractivity contribution is 6.33. The van der Waals surface area contributed by atoms with Gasteiger partial charge < -0.3 is 15.7 Å². The Morgan fingerprint density at radius 2 is 2.14 bits per heavy atom. The number of urea groups is 1. The van der Waals surface area contributed by atoms with Crippen LogP contribution in [0.2, 0.25) is 5.02 Å². The van der Waals surface area contributed by atoms with Crippen molar-refractivity contribution >= 4 is 29.3 Å². The second kappa shape index (κ2) is 7.50. The van der Waals surface area contributed by atoms with Gasteiger partial charge in [0.2, 0.25) is 0 Å². The molecule has 0 aliphatic heterocycles. The fourth-order valence-corrected chi connectivity index (χ4v) is 1.84. The molecule has 0 bridgehead atoms. The summed E-state index contributed by atoms with van der Waals surface area (Å²) in [6.07, 6.45) is 0.613. The zero-order valence-corrected chi connectivity index (χ0v) is 12.4. The largest absolute Gasteiger partial charge is 0.480 e. The van der Waals surface area contributed by atoms with E-state index in [1.165, 1.54) is 18.2 Å². The van der Waals surface area contributed by atoms with Crippen molar-refractivity contribution in [3.8, 4) is 6.07 Å². The number of benzene rings is 1. The maximum atomic E-state index is 11.9. The Bertz CT molecular complexity index is 583. The summed E-state index contributed by atoms with van der Waals surface area (Å²) >= 11 is 5.92. The van der Waals surface area contributed by atoms with E-state index < -0.39 is 18.0 Å². The van der Waals surface area contributed by atoms with Gasteiger partial charge in [0.25, 0.3) is 0 Å². The first-order valence-corrected chi connectivity index (χ1v) is 6.76. The van der Waals surface area contributed by atoms with Crippen molar-refractivity contribution < 1.29 is 14.7 Å². The molecule has 7 heteroatoms. The number of nitrogens with one attached hydrogen (secondary N) is 2. The van der Waals surface area contributed by atoms with Crippen molar-refractivity contribution in [3.63, 3.8) is 0 Å². The van der Waals surface area contributed by atoms with E-state index in [4.69, 9.17) is 22.0 Å². The Kier molecular flexibility index (Phi) is 6.00. The number of carbonyl (C=O) groups is 2. The van der Waals surface area contributed by atoms with Gasteiger partial charge in [-0.05, 0) is 24.1 Å². The molecule has 2 atom stereocenters. The zero-order chi connectivity index (χ0) is 16.0. The predicted octanol–water partition coefficient (Wildman–Crippen LogP) is 2.83. The molecule has 112 valence electrons. The van der Waals surface area contributed by atoms with E-state index in [1.807, 2.05) is 13.0 Å². The highest BCUT2D eigenvalue weighted by atomic mass is 35.5. The molecular weight excluding hydrogens is 294 g/mol. The molecule has 0 aliphatic rings. The van der Waals surface area contributed by atoms with Crippen molar-refractivity contribution in [2.75, 3.05) is 5.32 Å². The van der Waals surface area contributed by atoms with Crippen LogP contribution in [0.25, 0.3) is 0 Å². The number of halogens is 1. The summed E-state index contributed by atoms with van der Waals surface area (Å²) in [5.41, 5.74) is 0.591. The quantitative estimate of drug-likeness (QED) is 0.778. The van der Waals surface area contributed by atoms with Crippen LogP contribution in [0.3, 0.4) is 0 Å². The minimum Gasteiger partial charge on any atom is -0.480 e. The Morgan fingerprint density at radius 1 is 1.48 bits per heavy atom. The van der Waals surface area contributed by atoms with E-state index in [-0.39, 0.29) is 16.6 Å². The maximum absolute atomic E-state index is 11.9. The molecule has 0 radical (unpaired) electrons. The van der Waals surface area contributed by atoms with E-state index >= 15 is 0 Å². The number of hydrogen-bond acceptors (Lipinski definition) is 3. The number of amides is 2. The van der Waals surface area contributed by atoms with Crippen LogP contribution in [0.1, 0.15) is 25.8 Å². The summed E-state index contributed by atoms with van der Waals surface area (Å²) in [4.78, 5) is 23.0. The molecule has 0 heterocycles. The number of carbonyl (C=O) groups excluding carboxylic acids is 1. The van der Waals surface area contributed by atoms with Crippen molar-refractivity contribution in [2.24, 2.45) is 5.92 Å². The van der Waals surface area contributed by atoms with Gasteiger partial charge >= 0.3 is 12.0 Å². The van der Waals surface area contributed by atoms with Crippen molar-refractivity contribution in [2.45, 2.75) is 26.3 Å². The minimum absolute atomic E-state index is 0.214. The Hall–Kier alpha value is -2.26. The third-order valence-corrected chi connectivity index (χ3v) is 3.44. The lowest BCUT2D eigenvalue weighted by Crippen LogP contribution is -2.46. The van der Waals surface area contributed by atoms with Gasteiger partial charge in [0.1, 0.15) is 6.04 Å². The molecule has 0 spiro atoms. The van der Waals surface area contributed by atoms with E-state index in [0.717, 1.165) is 0 Å². The van der Waals surface area contributed by atoms with E-state index in [9.17, 15) is 9.59 Å². The lowest BCUT2D eigenvalue weighted by atomic mass is 9.99. The van der Waals surface area contributed by atoms with Crippen LogP contribution in [-0.4, -0.2) is 23.1 Å². The molecule has 0 fully saturated rings. The second-order valence-electron chi connectivity index (χ2n) is 4.61. The second-order valence-corrected chi connectivity index (χ2v) is 5.01. The fourth-order valence-electron chi connectivity index (χ4n) is 1.67. The van der Waals surface area contributed by atoms with E-state index in [1.54, 1.807) is 6.92 Å². The summed E-state index contributed by atoms with van der Waals surface area (Å²) < 4.78 is 0. The standard InChI is InChI=1S/C14H16ClN3O3/c1-3-8(2)12(13(19)20)18-14(21)17-11-6-9(7-16)4-5-10(11)15/h4-6,8,12H,3H2,1-2H3,(H,19,20)(H2,17,18,21)/t8-,12-/m0/s1. The third-order valence-electron chi connectivity index (χ3n) is 3.11. The topological polar surface area (TPSA) is 102 Å². The van der Waals surface area contributed by atoms with Gasteiger partial charge in [-0.3, -0.25) is 0 Å². The lowest BCUT2D eigenvalue weighted by Gasteiger charge is -2.20. The van der Waals surface area contributed by atoms with Crippen LogP contribution in [0, 0.1) is 17.2 Å². The maximum Gasteiger partial charge on any atom is 0.326 e. The first-order chi connectivity index (χ1) is 9.88. The minimum atomic E-state index is -1.10. The van der Waals surface area contributed by atoms with Gasteiger partial charge in [0.15, 0.2) is 0 Å². The summed E-state index contributed by atoms with van der Waals surface area (Å²) in [6.45, 7) is 3.58. The Morgan fingerprint density at radius 3 is 2.67 bits per heavy atom. The number of carboxylic acid groups (broad SMARTS) is 1. The van der Waals surface area contributed by atoms with Gasteiger partial charge in [0.05, 0.1) is 22.3 Å². The monoisotopic (exact) mass is 309 g/mol. The molecule has 0 aliphatic carbocycles. The molecule has 0 saturated heterocycles. The van der Waals surface area contributed by atoms with Crippen molar-refractivity contribution in [1.82, 2.24) is 5.32 Å². The van der Waals surface area contributed by atoms with Crippen LogP contribution >= 0.6 is 11.6 Å². The Labute approximate surface area is 127 Å². The summed E-state index contributed by atoms with van der Waals surface area (Å²) in [6, 6.07) is 4.68. The number of anilines is 1. The number of hydrogen-bond donors (Lipinski definition) is 3. The van der Waals surface area contributed by atoms with Gasteiger partial charge in [0, 0.05) is 0 Å². The zero-order valence-electron chi connectivity index (χ0n) is 11.7. The van der Waals surface area contributed by atoms with Gasteiger partial charge in [-0.2, -0.15) is 5.26 Å². The predicted molar refractivity (Wildman–Crippen MR) is 79.2 cm³/mol. The molecule has 0 aromatic heterocycles. The van der Waals surface area contributed by atoms with Gasteiger partial charge in [-0.25, -0.2) is 9.59 Å². The van der Waals surface area contributed by atoms with Crippen molar-refractivity contribution in [1.29, 1.82) is 5.26 Å². The number of nitrogens with zero attached hydrogens (tertiary/aromatic N) is 1. The van der Waals surface area contributed by atoms with Crippen molar-refractivity contribution in [3.05, 3.63) is 28.8 Å². The van der Waals surface area contributed by atoms with Gasteiger partial charge in [-0.15, -0.1) is 0 Å². The van der Waals surface area contributed by atoms with Gasteiger partial charge in [-0.1, -0.05) is 31.9 Å². The summed E-state index contributed by atoms with van der Waals surface area (Å²) in [7, 11) is 0. The van der Waals surface area contributed by atoms with Crippen LogP contribution in [0.15, 0.2) is 18.2 Å². The SMILES string of the molecule is CC[C@H](C)[C@H](NC(=O)Nc1cc(C#N)ccc1Cl)C(=O)O. The molecule has 1 aromatic rings. The van der Waals surface area contributed by atoms with E-state index in [2.05, 4.69) is 10.6 Å². The molecular formula is C14H16ClN3O3. The summed E-state index contributed by atoms with van der Waals surface area (Å²) in [5.74, 6) is -1.31. The first kappa shape index (κ1) is 16.8. The fraction of sp³-hybridized carbons (Fsp3) is 0.357. The average molecular weight is 310 g/mol. The third kappa shape index (κ3) is 4.65.